The van der Waals surface area contributed by atoms with E-state index >= 15 is 0 Å². The number of anilines is 1. The highest BCUT2D eigenvalue weighted by Crippen LogP contribution is 2.64. The Balaban J connectivity index is 1.26. The summed E-state index contributed by atoms with van der Waals surface area (Å²) in [5, 5.41) is 16.4. The number of hydrogen-bond acceptors (Lipinski definition) is 7. The van der Waals surface area contributed by atoms with Crippen LogP contribution in [0.15, 0.2) is 24.4 Å². The molecular weight excluding hydrogens is 473 g/mol. The summed E-state index contributed by atoms with van der Waals surface area (Å²) in [4.78, 5) is 22.2. The second-order valence-corrected chi connectivity index (χ2v) is 11.2. The van der Waals surface area contributed by atoms with Crippen LogP contribution in [0.3, 0.4) is 0 Å². The molecule has 6 atom stereocenters. The van der Waals surface area contributed by atoms with Crippen molar-refractivity contribution < 1.29 is 13.9 Å². The van der Waals surface area contributed by atoms with E-state index in [1.165, 1.54) is 12.5 Å². The first-order valence-electron chi connectivity index (χ1n) is 13.4. The molecule has 5 fully saturated rings. The molecule has 4 aromatic rings. The quantitative estimate of drug-likeness (QED) is 0.379. The molecule has 0 saturated heterocycles. The van der Waals surface area contributed by atoms with Gasteiger partial charge in [-0.2, -0.15) is 5.10 Å². The third-order valence-electron chi connectivity index (χ3n) is 9.13. The number of pyridine rings is 1. The van der Waals surface area contributed by atoms with Crippen molar-refractivity contribution >= 4 is 28.3 Å². The first-order chi connectivity index (χ1) is 18.1. The molecule has 0 amide bonds. The van der Waals surface area contributed by atoms with Crippen molar-refractivity contribution in [1.29, 1.82) is 0 Å². The van der Waals surface area contributed by atoms with E-state index in [1.54, 1.807) is 0 Å². The maximum absolute atomic E-state index is 14.1. The summed E-state index contributed by atoms with van der Waals surface area (Å²) in [7, 11) is 0. The second-order valence-electron chi connectivity index (χ2n) is 11.2. The smallest absolute Gasteiger partial charge is 0.311 e. The molecule has 4 heterocycles. The molecule has 37 heavy (non-hydrogen) atoms. The van der Waals surface area contributed by atoms with Gasteiger partial charge in [0.1, 0.15) is 17.0 Å². The van der Waals surface area contributed by atoms with E-state index in [0.29, 0.717) is 64.6 Å². The van der Waals surface area contributed by atoms with E-state index in [0.717, 1.165) is 43.1 Å². The summed E-state index contributed by atoms with van der Waals surface area (Å²) >= 11 is 0. The van der Waals surface area contributed by atoms with Crippen LogP contribution in [0.25, 0.3) is 28.1 Å². The highest BCUT2D eigenvalue weighted by molar-refractivity contribution is 5.89. The topological polar surface area (TPSA) is 110 Å². The van der Waals surface area contributed by atoms with Gasteiger partial charge in [-0.25, -0.2) is 18.9 Å². The number of aromatic amines is 1. The number of aromatic nitrogens is 6. The molecule has 9 nitrogen and oxygen atoms in total. The number of fused-ring (bicyclic) bond motifs is 4. The molecule has 2 bridgehead atoms. The van der Waals surface area contributed by atoms with Crippen molar-refractivity contribution in [3.05, 3.63) is 35.9 Å². The molecule has 2 N–H and O–H groups in total. The Kier molecular flexibility index (Phi) is 4.49. The van der Waals surface area contributed by atoms with E-state index in [2.05, 4.69) is 32.6 Å². The Morgan fingerprint density at radius 3 is 2.86 bits per heavy atom. The minimum Gasteiger partial charge on any atom is -0.466 e. The predicted octanol–water partition coefficient (Wildman–Crippen LogP) is 4.32. The van der Waals surface area contributed by atoms with Crippen molar-refractivity contribution in [2.45, 2.75) is 51.0 Å². The number of nitrogens with one attached hydrogen (secondary N) is 2. The Labute approximate surface area is 212 Å². The molecule has 10 heteroatoms. The monoisotopic (exact) mass is 501 g/mol. The first kappa shape index (κ1) is 21.5. The van der Waals surface area contributed by atoms with Crippen molar-refractivity contribution in [2.75, 3.05) is 11.9 Å². The number of halogens is 1. The third-order valence-corrected chi connectivity index (χ3v) is 9.13. The van der Waals surface area contributed by atoms with Gasteiger partial charge >= 0.3 is 5.97 Å². The largest absolute Gasteiger partial charge is 0.466 e. The molecule has 0 aliphatic heterocycles. The number of carbonyl (C=O) groups excluding carboxylic acids is 1. The van der Waals surface area contributed by atoms with Crippen LogP contribution < -0.4 is 5.32 Å². The molecule has 4 aromatic heterocycles. The van der Waals surface area contributed by atoms with E-state index in [9.17, 15) is 9.18 Å². The lowest BCUT2D eigenvalue weighted by molar-refractivity contribution is -0.155. The molecule has 9 rings (SSSR count). The van der Waals surface area contributed by atoms with Gasteiger partial charge in [-0.3, -0.25) is 9.89 Å². The van der Waals surface area contributed by atoms with E-state index in [-0.39, 0.29) is 17.9 Å². The molecule has 0 spiro atoms. The van der Waals surface area contributed by atoms with Gasteiger partial charge in [0, 0.05) is 17.7 Å². The highest BCUT2D eigenvalue weighted by Gasteiger charge is 2.63. The van der Waals surface area contributed by atoms with Crippen LogP contribution in [0.2, 0.25) is 0 Å². The molecule has 0 radical (unpaired) electrons. The molecule has 5 saturated carbocycles. The lowest BCUT2D eigenvalue weighted by Gasteiger charge is -2.47. The van der Waals surface area contributed by atoms with Crippen molar-refractivity contribution in [3.8, 4) is 11.5 Å². The molecule has 0 aromatic carbocycles. The Morgan fingerprint density at radius 2 is 2.03 bits per heavy atom. The molecule has 190 valence electrons. The summed E-state index contributed by atoms with van der Waals surface area (Å²) in [5.41, 5.74) is 2.97. The van der Waals surface area contributed by atoms with Crippen molar-refractivity contribution in [3.63, 3.8) is 0 Å². The Morgan fingerprint density at radius 1 is 1.19 bits per heavy atom. The van der Waals surface area contributed by atoms with Crippen LogP contribution in [0.4, 0.5) is 10.2 Å². The minimum absolute atomic E-state index is 0.0370. The summed E-state index contributed by atoms with van der Waals surface area (Å²) in [6.45, 7) is 2.25. The van der Waals surface area contributed by atoms with Crippen LogP contribution in [0, 0.1) is 35.4 Å². The standard InChI is InChI=1S/C27H28FN7O2/c1-2-37-27(36)21-14-5-6-15(17-10-16(14)17)22(21)30-25-20-8-7-19(12-3-4-12)35(20)34-26(31-25)23-18-9-13(28)11-29-24(18)33-32-23/h7-9,11-12,14-17,21-22H,2-6,10H2,1H3,(H,29,32,33)(H,30,31,34)/t14-,15+,16?,17?,21-,22-/m0/s1. The van der Waals surface area contributed by atoms with Gasteiger partial charge in [0.15, 0.2) is 11.5 Å². The fraction of sp³-hybridized carbons (Fsp3) is 0.519. The summed E-state index contributed by atoms with van der Waals surface area (Å²) in [5.74, 6) is 2.99. The van der Waals surface area contributed by atoms with Crippen LogP contribution in [0.1, 0.15) is 50.6 Å². The summed E-state index contributed by atoms with van der Waals surface area (Å²) < 4.78 is 21.6. The van der Waals surface area contributed by atoms with E-state index in [4.69, 9.17) is 14.8 Å². The molecule has 2 unspecified atom stereocenters. The zero-order valence-corrected chi connectivity index (χ0v) is 20.5. The van der Waals surface area contributed by atoms with Crippen LogP contribution >= 0.6 is 0 Å². The maximum atomic E-state index is 14.1. The van der Waals surface area contributed by atoms with Gasteiger partial charge < -0.3 is 10.1 Å². The number of esters is 1. The predicted molar refractivity (Wildman–Crippen MR) is 133 cm³/mol. The number of H-pyrrole nitrogens is 1. The molecule has 5 aliphatic carbocycles. The SMILES string of the molecule is CCOC(=O)[C@@H]1[C@@H](Nc2nc(-c3[nH]nc4ncc(F)cc34)nn3c(C4CC4)ccc23)[C@@H]2CC[C@H]1C1CC12. The third kappa shape index (κ3) is 3.23. The van der Waals surface area contributed by atoms with Crippen molar-refractivity contribution in [1.82, 2.24) is 29.8 Å². The number of nitrogens with zero attached hydrogens (tertiary/aromatic N) is 5. The average molecular weight is 502 g/mol. The highest BCUT2D eigenvalue weighted by atomic mass is 19.1. The zero-order valence-electron chi connectivity index (χ0n) is 20.5. The number of ether oxygens (including phenoxy) is 1. The van der Waals surface area contributed by atoms with Crippen molar-refractivity contribution in [2.24, 2.45) is 29.6 Å². The summed E-state index contributed by atoms with van der Waals surface area (Å²) in [6, 6.07) is 5.55. The second kappa shape index (κ2) is 7.72. The first-order valence-corrected chi connectivity index (χ1v) is 13.4. The normalized spacial score (nSPS) is 30.0. The maximum Gasteiger partial charge on any atom is 0.311 e. The minimum atomic E-state index is -0.441. The lowest BCUT2D eigenvalue weighted by Crippen LogP contribution is -2.53. The van der Waals surface area contributed by atoms with Gasteiger partial charge in [-0.1, -0.05) is 0 Å². The van der Waals surface area contributed by atoms with Gasteiger partial charge in [0.05, 0.1) is 24.1 Å². The number of carbonyl (C=O) groups is 1. The van der Waals surface area contributed by atoms with Gasteiger partial charge in [0.2, 0.25) is 5.82 Å². The zero-order chi connectivity index (χ0) is 24.8. The summed E-state index contributed by atoms with van der Waals surface area (Å²) in [6.07, 6.45) is 6.85. The van der Waals surface area contributed by atoms with Crippen LogP contribution in [-0.2, 0) is 9.53 Å². The fourth-order valence-corrected chi connectivity index (χ4v) is 7.33. The molecule has 5 aliphatic rings. The molecular formula is C27H28FN7O2. The fourth-order valence-electron chi connectivity index (χ4n) is 7.33. The van der Waals surface area contributed by atoms with Gasteiger partial charge in [-0.15, -0.1) is 5.10 Å². The number of rotatable bonds is 6. The van der Waals surface area contributed by atoms with E-state index in [1.807, 2.05) is 11.4 Å². The average Bonchev–Trinajstić information content (AvgIpc) is 3.82. The van der Waals surface area contributed by atoms with E-state index < -0.39 is 5.82 Å². The lowest BCUT2D eigenvalue weighted by atomic mass is 9.61. The van der Waals surface area contributed by atoms with Crippen LogP contribution in [0.5, 0.6) is 0 Å². The Bertz CT molecular complexity index is 1560. The Hall–Kier alpha value is -3.56. The number of hydrogen-bond donors (Lipinski definition) is 2. The van der Waals surface area contributed by atoms with Gasteiger partial charge in [-0.05, 0) is 80.9 Å². The van der Waals surface area contributed by atoms with Gasteiger partial charge in [0.25, 0.3) is 0 Å². The van der Waals surface area contributed by atoms with Crippen LogP contribution in [-0.4, -0.2) is 48.4 Å².